The normalized spacial score (nSPS) is 11.2. The number of amides is 1. The molecule has 3 aromatic rings. The van der Waals surface area contributed by atoms with Gasteiger partial charge in [-0.15, -0.1) is 0 Å². The zero-order valence-corrected chi connectivity index (χ0v) is 16.7. The minimum Gasteiger partial charge on any atom is -0.348 e. The first-order valence-corrected chi connectivity index (χ1v) is 10.6. The molecule has 0 aliphatic carbocycles. The highest BCUT2D eigenvalue weighted by molar-refractivity contribution is 7.90. The molecular weight excluding hydrogens is 374 g/mol. The predicted octanol–water partition coefficient (Wildman–Crippen LogP) is 3.09. The summed E-state index contributed by atoms with van der Waals surface area (Å²) >= 11 is 0. The van der Waals surface area contributed by atoms with Crippen molar-refractivity contribution in [2.45, 2.75) is 25.3 Å². The lowest BCUT2D eigenvalue weighted by molar-refractivity contribution is 0.0950. The van der Waals surface area contributed by atoms with E-state index in [4.69, 9.17) is 0 Å². The summed E-state index contributed by atoms with van der Waals surface area (Å²) in [5, 5.41) is 2.81. The van der Waals surface area contributed by atoms with Crippen LogP contribution >= 0.6 is 0 Å². The van der Waals surface area contributed by atoms with Crippen molar-refractivity contribution in [3.05, 3.63) is 77.2 Å². The molecule has 2 aromatic heterocycles. The summed E-state index contributed by atoms with van der Waals surface area (Å²) in [5.41, 5.74) is 4.19. The van der Waals surface area contributed by atoms with Crippen molar-refractivity contribution in [1.29, 1.82) is 0 Å². The van der Waals surface area contributed by atoms with Gasteiger partial charge in [-0.3, -0.25) is 14.8 Å². The minimum atomic E-state index is -3.49. The zero-order valence-electron chi connectivity index (χ0n) is 15.9. The molecule has 28 heavy (non-hydrogen) atoms. The van der Waals surface area contributed by atoms with Crippen LogP contribution < -0.4 is 5.32 Å². The molecule has 0 radical (unpaired) electrons. The summed E-state index contributed by atoms with van der Waals surface area (Å²) in [6.07, 6.45) is 4.52. The monoisotopic (exact) mass is 395 g/mol. The Morgan fingerprint density at radius 1 is 1.00 bits per heavy atom. The molecule has 2 heterocycles. The van der Waals surface area contributed by atoms with Gasteiger partial charge in [0.2, 0.25) is 0 Å². The molecule has 1 aromatic carbocycles. The molecular formula is C21H21N3O3S. The van der Waals surface area contributed by atoms with E-state index in [2.05, 4.69) is 15.3 Å². The highest BCUT2D eigenvalue weighted by Gasteiger charge is 2.15. The number of carbonyl (C=O) groups excluding carboxylic acids is 1. The van der Waals surface area contributed by atoms with Crippen molar-refractivity contribution in [3.8, 4) is 11.3 Å². The summed E-state index contributed by atoms with van der Waals surface area (Å²) in [4.78, 5) is 21.3. The number of carbonyl (C=O) groups is 1. The fourth-order valence-corrected chi connectivity index (χ4v) is 3.30. The third-order valence-electron chi connectivity index (χ3n) is 4.23. The maximum absolute atomic E-state index is 12.7. The number of aryl methyl sites for hydroxylation is 2. The number of pyridine rings is 2. The van der Waals surface area contributed by atoms with Gasteiger partial charge in [-0.1, -0.05) is 12.1 Å². The third kappa shape index (κ3) is 4.80. The number of rotatable bonds is 5. The second-order valence-electron chi connectivity index (χ2n) is 6.73. The van der Waals surface area contributed by atoms with Gasteiger partial charge in [0.15, 0.2) is 9.84 Å². The number of nitrogens with zero attached hydrogens (tertiary/aromatic N) is 2. The lowest BCUT2D eigenvalue weighted by Gasteiger charge is -2.10. The van der Waals surface area contributed by atoms with Gasteiger partial charge >= 0.3 is 0 Å². The van der Waals surface area contributed by atoms with Crippen LogP contribution in [-0.4, -0.2) is 30.5 Å². The number of aromatic nitrogens is 2. The van der Waals surface area contributed by atoms with E-state index in [-0.39, 0.29) is 16.4 Å². The molecule has 0 bridgehead atoms. The molecule has 3 rings (SSSR count). The molecule has 0 aliphatic rings. The number of benzene rings is 1. The topological polar surface area (TPSA) is 89.0 Å². The zero-order chi connectivity index (χ0) is 20.3. The molecule has 0 saturated heterocycles. The Balaban J connectivity index is 1.92. The van der Waals surface area contributed by atoms with Crippen LogP contribution in [0.25, 0.3) is 11.3 Å². The number of hydrogen-bond acceptors (Lipinski definition) is 5. The fourth-order valence-electron chi connectivity index (χ4n) is 2.62. The highest BCUT2D eigenvalue weighted by atomic mass is 32.2. The van der Waals surface area contributed by atoms with E-state index in [1.807, 2.05) is 32.0 Å². The second kappa shape index (κ2) is 7.90. The van der Waals surface area contributed by atoms with E-state index in [1.54, 1.807) is 24.5 Å². The average Bonchev–Trinajstić information content (AvgIpc) is 2.67. The van der Waals surface area contributed by atoms with Crippen LogP contribution in [0.1, 0.15) is 27.2 Å². The molecule has 0 fully saturated rings. The average molecular weight is 395 g/mol. The summed E-state index contributed by atoms with van der Waals surface area (Å²) in [6.45, 7) is 4.11. The van der Waals surface area contributed by atoms with Crippen molar-refractivity contribution in [2.24, 2.45) is 0 Å². The lowest BCUT2D eigenvalue weighted by Crippen LogP contribution is -2.23. The Morgan fingerprint density at radius 2 is 1.79 bits per heavy atom. The van der Waals surface area contributed by atoms with E-state index >= 15 is 0 Å². The van der Waals surface area contributed by atoms with E-state index in [0.717, 1.165) is 23.1 Å². The summed E-state index contributed by atoms with van der Waals surface area (Å²) in [7, 11) is -3.49. The molecule has 0 unspecified atom stereocenters. The maximum atomic E-state index is 12.7. The Labute approximate surface area is 164 Å². The first-order valence-electron chi connectivity index (χ1n) is 8.70. The Hall–Kier alpha value is -3.06. The van der Waals surface area contributed by atoms with Crippen LogP contribution in [0, 0.1) is 13.8 Å². The van der Waals surface area contributed by atoms with E-state index in [0.29, 0.717) is 17.8 Å². The van der Waals surface area contributed by atoms with Crippen molar-refractivity contribution >= 4 is 15.7 Å². The van der Waals surface area contributed by atoms with Crippen LogP contribution in [0.5, 0.6) is 0 Å². The van der Waals surface area contributed by atoms with Gasteiger partial charge in [-0.25, -0.2) is 8.42 Å². The van der Waals surface area contributed by atoms with E-state index in [9.17, 15) is 13.2 Å². The van der Waals surface area contributed by atoms with Gasteiger partial charge in [0.05, 0.1) is 10.6 Å². The van der Waals surface area contributed by atoms with Crippen LogP contribution in [0.15, 0.2) is 59.8 Å². The largest absolute Gasteiger partial charge is 0.348 e. The van der Waals surface area contributed by atoms with Crippen molar-refractivity contribution < 1.29 is 13.2 Å². The smallest absolute Gasteiger partial charge is 0.251 e. The van der Waals surface area contributed by atoms with E-state index < -0.39 is 9.84 Å². The molecule has 0 saturated carbocycles. The quantitative estimate of drug-likeness (QED) is 0.717. The first kappa shape index (κ1) is 19.7. The molecule has 1 amide bonds. The molecule has 144 valence electrons. The standard InChI is InChI=1S/C21H21N3O3S/c1-14-4-7-20(23-11-14)17-8-18(10-19(9-17)28(3,26)27)21(25)24-13-16-6-5-15(2)22-12-16/h4-12H,13H2,1-3H3,(H,24,25). The minimum absolute atomic E-state index is 0.0783. The van der Waals surface area contributed by atoms with Crippen LogP contribution in [0.2, 0.25) is 0 Å². The Kier molecular flexibility index (Phi) is 5.56. The van der Waals surface area contributed by atoms with Crippen LogP contribution in [-0.2, 0) is 16.4 Å². The number of hydrogen-bond donors (Lipinski definition) is 1. The van der Waals surface area contributed by atoms with Gasteiger partial charge < -0.3 is 5.32 Å². The summed E-state index contributed by atoms with van der Waals surface area (Å²) in [6, 6.07) is 12.0. The van der Waals surface area contributed by atoms with Crippen molar-refractivity contribution in [3.63, 3.8) is 0 Å². The molecule has 1 N–H and O–H groups in total. The van der Waals surface area contributed by atoms with Gasteiger partial charge in [0.1, 0.15) is 0 Å². The Bertz CT molecular complexity index is 1110. The second-order valence-corrected chi connectivity index (χ2v) is 8.75. The maximum Gasteiger partial charge on any atom is 0.251 e. The third-order valence-corrected chi connectivity index (χ3v) is 5.32. The highest BCUT2D eigenvalue weighted by Crippen LogP contribution is 2.23. The van der Waals surface area contributed by atoms with Gasteiger partial charge in [0, 0.05) is 42.0 Å². The van der Waals surface area contributed by atoms with E-state index in [1.165, 1.54) is 12.1 Å². The van der Waals surface area contributed by atoms with Crippen LogP contribution in [0.4, 0.5) is 0 Å². The fraction of sp³-hybridized carbons (Fsp3) is 0.190. The van der Waals surface area contributed by atoms with Crippen molar-refractivity contribution in [2.75, 3.05) is 6.26 Å². The molecule has 0 spiro atoms. The predicted molar refractivity (Wildman–Crippen MR) is 108 cm³/mol. The van der Waals surface area contributed by atoms with Crippen molar-refractivity contribution in [1.82, 2.24) is 15.3 Å². The molecule has 0 atom stereocenters. The summed E-state index contributed by atoms with van der Waals surface area (Å²) < 4.78 is 24.2. The van der Waals surface area contributed by atoms with Crippen LogP contribution in [0.3, 0.4) is 0 Å². The molecule has 0 aliphatic heterocycles. The SMILES string of the molecule is Cc1ccc(-c2cc(C(=O)NCc3ccc(C)nc3)cc(S(C)(=O)=O)c2)nc1. The Morgan fingerprint density at radius 3 is 2.39 bits per heavy atom. The molecule has 7 heteroatoms. The number of sulfone groups is 1. The molecule has 6 nitrogen and oxygen atoms in total. The number of nitrogens with one attached hydrogen (secondary N) is 1. The van der Waals surface area contributed by atoms with Gasteiger partial charge in [-0.05, 0) is 55.3 Å². The lowest BCUT2D eigenvalue weighted by atomic mass is 10.1. The van der Waals surface area contributed by atoms with Gasteiger partial charge in [0.25, 0.3) is 5.91 Å². The summed E-state index contributed by atoms with van der Waals surface area (Å²) in [5.74, 6) is -0.362. The first-order chi connectivity index (χ1) is 13.2. The van der Waals surface area contributed by atoms with Gasteiger partial charge in [-0.2, -0.15) is 0 Å².